The molecule has 0 radical (unpaired) electrons. The second-order valence-corrected chi connectivity index (χ2v) is 7.23. The fraction of sp³-hybridized carbons (Fsp3) is 0.400. The van der Waals surface area contributed by atoms with E-state index in [9.17, 15) is 0 Å². The van der Waals surface area contributed by atoms with Crippen LogP contribution in [-0.2, 0) is 6.54 Å². The van der Waals surface area contributed by atoms with Gasteiger partial charge in [-0.1, -0.05) is 23.7 Å². The first-order valence-electron chi connectivity index (χ1n) is 8.62. The van der Waals surface area contributed by atoms with Crippen LogP contribution in [0.25, 0.3) is 0 Å². The van der Waals surface area contributed by atoms with Gasteiger partial charge in [0.25, 0.3) is 0 Å². The van der Waals surface area contributed by atoms with Crippen molar-refractivity contribution in [1.29, 1.82) is 0 Å². The van der Waals surface area contributed by atoms with Crippen LogP contribution in [0.1, 0.15) is 18.4 Å². The number of rotatable bonds is 4. The van der Waals surface area contributed by atoms with Gasteiger partial charge in [-0.15, -0.1) is 0 Å². The molecule has 4 rings (SSSR count). The summed E-state index contributed by atoms with van der Waals surface area (Å²) in [7, 11) is 1.71. The van der Waals surface area contributed by atoms with Crippen molar-refractivity contribution in [2.75, 3.05) is 25.1 Å². The molecule has 2 aliphatic heterocycles. The summed E-state index contributed by atoms with van der Waals surface area (Å²) in [6.07, 6.45) is 2.58. The van der Waals surface area contributed by atoms with Gasteiger partial charge in [-0.2, -0.15) is 0 Å². The molecule has 0 aromatic heterocycles. The van der Waals surface area contributed by atoms with Gasteiger partial charge in [0.15, 0.2) is 0 Å². The molecule has 0 N–H and O–H groups in total. The molecule has 2 aromatic rings. The highest BCUT2D eigenvalue weighted by atomic mass is 35.5. The molecule has 2 aromatic carbocycles. The van der Waals surface area contributed by atoms with E-state index in [2.05, 4.69) is 46.2 Å². The Morgan fingerprint density at radius 1 is 1.04 bits per heavy atom. The Kier molecular flexibility index (Phi) is 4.38. The van der Waals surface area contributed by atoms with Crippen LogP contribution >= 0.6 is 11.6 Å². The minimum absolute atomic E-state index is 0.629. The summed E-state index contributed by atoms with van der Waals surface area (Å²) in [6, 6.07) is 18.0. The van der Waals surface area contributed by atoms with E-state index in [1.165, 1.54) is 24.1 Å². The van der Waals surface area contributed by atoms with E-state index in [4.69, 9.17) is 16.3 Å². The van der Waals surface area contributed by atoms with Gasteiger partial charge in [-0.3, -0.25) is 4.90 Å². The fourth-order valence-electron chi connectivity index (χ4n) is 4.10. The normalized spacial score (nSPS) is 23.5. The van der Waals surface area contributed by atoms with Crippen molar-refractivity contribution in [1.82, 2.24) is 4.90 Å². The molecule has 2 saturated heterocycles. The van der Waals surface area contributed by atoms with E-state index in [0.717, 1.165) is 30.4 Å². The van der Waals surface area contributed by atoms with Crippen LogP contribution in [0.3, 0.4) is 0 Å². The average molecular weight is 343 g/mol. The summed E-state index contributed by atoms with van der Waals surface area (Å²) in [6.45, 7) is 3.21. The van der Waals surface area contributed by atoms with Crippen LogP contribution in [0.2, 0.25) is 5.02 Å². The summed E-state index contributed by atoms with van der Waals surface area (Å²) in [5, 5.41) is 0.830. The van der Waals surface area contributed by atoms with E-state index in [1.54, 1.807) is 7.11 Å². The summed E-state index contributed by atoms with van der Waals surface area (Å²) in [5.74, 6) is 0.918. The fourth-order valence-corrected chi connectivity index (χ4v) is 4.31. The Balaban J connectivity index is 1.47. The van der Waals surface area contributed by atoms with Gasteiger partial charge in [0, 0.05) is 42.4 Å². The molecule has 2 unspecified atom stereocenters. The molecule has 0 saturated carbocycles. The highest BCUT2D eigenvalue weighted by molar-refractivity contribution is 6.30. The molecule has 0 amide bonds. The van der Waals surface area contributed by atoms with Crippen LogP contribution in [0.4, 0.5) is 5.69 Å². The zero-order valence-corrected chi connectivity index (χ0v) is 14.7. The molecule has 0 aliphatic carbocycles. The number of nitrogens with zero attached hydrogens (tertiary/aromatic N) is 2. The summed E-state index contributed by atoms with van der Waals surface area (Å²) in [5.41, 5.74) is 2.62. The molecule has 2 atom stereocenters. The molecule has 4 heteroatoms. The first kappa shape index (κ1) is 15.8. The lowest BCUT2D eigenvalue weighted by Gasteiger charge is -2.42. The van der Waals surface area contributed by atoms with Gasteiger partial charge in [-0.05, 0) is 54.8 Å². The Morgan fingerprint density at radius 3 is 2.38 bits per heavy atom. The molecule has 2 aliphatic rings. The molecule has 2 fully saturated rings. The summed E-state index contributed by atoms with van der Waals surface area (Å²) >= 11 is 6.14. The zero-order valence-electron chi connectivity index (χ0n) is 14.0. The molecule has 2 heterocycles. The van der Waals surface area contributed by atoms with Crippen LogP contribution in [0.5, 0.6) is 5.75 Å². The van der Waals surface area contributed by atoms with Crippen molar-refractivity contribution in [3.8, 4) is 5.75 Å². The van der Waals surface area contributed by atoms with Gasteiger partial charge in [-0.25, -0.2) is 0 Å². The van der Waals surface area contributed by atoms with Crippen LogP contribution in [0.15, 0.2) is 48.5 Å². The van der Waals surface area contributed by atoms with E-state index in [-0.39, 0.29) is 0 Å². The molecule has 3 nitrogen and oxygen atoms in total. The quantitative estimate of drug-likeness (QED) is 0.828. The van der Waals surface area contributed by atoms with Crippen LogP contribution < -0.4 is 9.64 Å². The molecule has 126 valence electrons. The number of halogens is 1. The maximum atomic E-state index is 6.14. The Bertz CT molecular complexity index is 689. The highest BCUT2D eigenvalue weighted by Crippen LogP contribution is 2.34. The largest absolute Gasteiger partial charge is 0.497 e. The lowest BCUT2D eigenvalue weighted by atomic mass is 10.1. The number of fused-ring (bicyclic) bond motifs is 2. The zero-order chi connectivity index (χ0) is 16.5. The number of anilines is 1. The highest BCUT2D eigenvalue weighted by Gasteiger charge is 2.39. The maximum absolute atomic E-state index is 6.14. The lowest BCUT2D eigenvalue weighted by molar-refractivity contribution is 0.160. The third kappa shape index (κ3) is 3.11. The minimum Gasteiger partial charge on any atom is -0.497 e. The van der Waals surface area contributed by atoms with Crippen LogP contribution in [-0.4, -0.2) is 37.2 Å². The number of benzene rings is 2. The molecule has 0 spiro atoms. The third-order valence-electron chi connectivity index (χ3n) is 5.33. The van der Waals surface area contributed by atoms with Crippen molar-refractivity contribution in [3.05, 3.63) is 59.1 Å². The number of ether oxygens (including phenoxy) is 1. The van der Waals surface area contributed by atoms with E-state index >= 15 is 0 Å². The van der Waals surface area contributed by atoms with Crippen molar-refractivity contribution < 1.29 is 4.74 Å². The van der Waals surface area contributed by atoms with Crippen LogP contribution in [0, 0.1) is 0 Å². The Morgan fingerprint density at radius 2 is 1.75 bits per heavy atom. The number of hydrogen-bond donors (Lipinski definition) is 0. The van der Waals surface area contributed by atoms with E-state index < -0.39 is 0 Å². The molecule has 24 heavy (non-hydrogen) atoms. The first-order valence-corrected chi connectivity index (χ1v) is 9.00. The number of hydrogen-bond acceptors (Lipinski definition) is 3. The lowest BCUT2D eigenvalue weighted by Crippen LogP contribution is -2.53. The van der Waals surface area contributed by atoms with Crippen molar-refractivity contribution in [3.63, 3.8) is 0 Å². The third-order valence-corrected chi connectivity index (χ3v) is 5.56. The molecular formula is C20H23ClN2O. The summed E-state index contributed by atoms with van der Waals surface area (Å²) in [4.78, 5) is 5.20. The van der Waals surface area contributed by atoms with Gasteiger partial charge in [0.1, 0.15) is 5.75 Å². The Labute approximate surface area is 148 Å². The Hall–Kier alpha value is -1.71. The average Bonchev–Trinajstić information content (AvgIpc) is 2.83. The number of piperazine rings is 1. The topological polar surface area (TPSA) is 15.7 Å². The SMILES string of the molecule is COc1ccc(N2CC3CCC(C2)N3Cc2cccc(Cl)c2)cc1. The smallest absolute Gasteiger partial charge is 0.119 e. The second kappa shape index (κ2) is 6.66. The number of methoxy groups -OCH3 is 1. The first-order chi connectivity index (χ1) is 11.7. The van der Waals surface area contributed by atoms with Crippen molar-refractivity contribution in [2.45, 2.75) is 31.5 Å². The van der Waals surface area contributed by atoms with Gasteiger partial charge in [0.2, 0.25) is 0 Å². The standard InChI is InChI=1S/C20H23ClN2O/c1-24-20-9-7-17(8-10-20)22-13-18-5-6-19(14-22)23(18)12-15-3-2-4-16(21)11-15/h2-4,7-11,18-19H,5-6,12-14H2,1H3. The monoisotopic (exact) mass is 342 g/mol. The summed E-state index contributed by atoms with van der Waals surface area (Å²) < 4.78 is 5.27. The molecule has 2 bridgehead atoms. The predicted molar refractivity (Wildman–Crippen MR) is 99.0 cm³/mol. The van der Waals surface area contributed by atoms with E-state index in [0.29, 0.717) is 12.1 Å². The predicted octanol–water partition coefficient (Wildman–Crippen LogP) is 4.20. The van der Waals surface area contributed by atoms with Crippen molar-refractivity contribution in [2.24, 2.45) is 0 Å². The minimum atomic E-state index is 0.629. The van der Waals surface area contributed by atoms with Gasteiger partial charge in [0.05, 0.1) is 7.11 Å². The van der Waals surface area contributed by atoms with Gasteiger partial charge < -0.3 is 9.64 Å². The second-order valence-electron chi connectivity index (χ2n) is 6.79. The molecular weight excluding hydrogens is 320 g/mol. The van der Waals surface area contributed by atoms with Crippen molar-refractivity contribution >= 4 is 17.3 Å². The van der Waals surface area contributed by atoms with Gasteiger partial charge >= 0.3 is 0 Å². The van der Waals surface area contributed by atoms with E-state index in [1.807, 2.05) is 12.1 Å². The maximum Gasteiger partial charge on any atom is 0.119 e.